The van der Waals surface area contributed by atoms with Gasteiger partial charge in [0.15, 0.2) is 0 Å². The Hall–Kier alpha value is -0.470. The Kier molecular flexibility index (Phi) is 7.63. The summed E-state index contributed by atoms with van der Waals surface area (Å²) in [6.07, 6.45) is 7.18. The second kappa shape index (κ2) is 7.89. The maximum Gasteiger partial charge on any atom is 0.00736 e. The molecular formula is C12H23NS. The molecule has 0 aromatic heterocycles. The Morgan fingerprint density at radius 1 is 1.00 bits per heavy atom. The topological polar surface area (TPSA) is 12.0 Å². The van der Waals surface area contributed by atoms with Gasteiger partial charge in [-0.3, -0.25) is 4.72 Å². The summed E-state index contributed by atoms with van der Waals surface area (Å²) in [4.78, 5) is 0. The highest BCUT2D eigenvalue weighted by molar-refractivity contribution is 8.32. The van der Waals surface area contributed by atoms with E-state index < -0.39 is 10.2 Å². The Bertz CT molecular complexity index is 160. The zero-order valence-electron chi connectivity index (χ0n) is 9.30. The summed E-state index contributed by atoms with van der Waals surface area (Å²) in [6, 6.07) is 0. The summed E-state index contributed by atoms with van der Waals surface area (Å²) in [6.45, 7) is 14.8. The largest absolute Gasteiger partial charge is 0.280 e. The molecule has 0 aromatic carbocycles. The van der Waals surface area contributed by atoms with Gasteiger partial charge < -0.3 is 0 Å². The minimum absolute atomic E-state index is 0.813. The van der Waals surface area contributed by atoms with Crippen LogP contribution in [0.4, 0.5) is 0 Å². The van der Waals surface area contributed by atoms with Crippen LogP contribution in [-0.4, -0.2) is 23.8 Å². The molecule has 2 heteroatoms. The summed E-state index contributed by atoms with van der Waals surface area (Å²) in [7, 11) is -0.813. The van der Waals surface area contributed by atoms with Crippen LogP contribution in [0.5, 0.6) is 0 Å². The summed E-state index contributed by atoms with van der Waals surface area (Å²) >= 11 is 0. The van der Waals surface area contributed by atoms with Crippen molar-refractivity contribution in [1.29, 1.82) is 0 Å². The van der Waals surface area contributed by atoms with Crippen LogP contribution in [0.15, 0.2) is 38.0 Å². The molecule has 0 unspecified atom stereocenters. The lowest BCUT2D eigenvalue weighted by Crippen LogP contribution is -2.27. The van der Waals surface area contributed by atoms with Gasteiger partial charge in [-0.25, -0.2) is 0 Å². The molecule has 0 saturated heterocycles. The van der Waals surface area contributed by atoms with E-state index in [-0.39, 0.29) is 0 Å². The predicted molar refractivity (Wildman–Crippen MR) is 71.1 cm³/mol. The molecule has 0 spiro atoms. The second-order valence-electron chi connectivity index (χ2n) is 3.31. The van der Waals surface area contributed by atoms with E-state index in [1.807, 2.05) is 18.2 Å². The van der Waals surface area contributed by atoms with E-state index in [1.54, 1.807) is 0 Å². The molecule has 0 bridgehead atoms. The molecule has 82 valence electrons. The summed E-state index contributed by atoms with van der Waals surface area (Å²) in [5.74, 6) is 3.14. The van der Waals surface area contributed by atoms with Crippen molar-refractivity contribution in [2.24, 2.45) is 0 Å². The van der Waals surface area contributed by atoms with Crippen molar-refractivity contribution < 1.29 is 0 Å². The van der Waals surface area contributed by atoms with Crippen molar-refractivity contribution >= 4 is 10.2 Å². The monoisotopic (exact) mass is 213 g/mol. The third-order valence-corrected chi connectivity index (χ3v) is 5.41. The highest BCUT2D eigenvalue weighted by atomic mass is 32.3. The maximum atomic E-state index is 3.83. The van der Waals surface area contributed by atoms with Crippen LogP contribution in [0.3, 0.4) is 0 Å². The van der Waals surface area contributed by atoms with E-state index in [0.29, 0.717) is 0 Å². The van der Waals surface area contributed by atoms with Gasteiger partial charge in [-0.2, -0.15) is 10.2 Å². The first-order chi connectivity index (χ1) is 6.74. The van der Waals surface area contributed by atoms with E-state index in [0.717, 1.165) is 23.8 Å². The van der Waals surface area contributed by atoms with Crippen LogP contribution in [0, 0.1) is 0 Å². The van der Waals surface area contributed by atoms with Crippen molar-refractivity contribution in [2.75, 3.05) is 23.8 Å². The second-order valence-corrected chi connectivity index (χ2v) is 6.69. The zero-order valence-corrected chi connectivity index (χ0v) is 10.1. The maximum absolute atomic E-state index is 3.83. The lowest BCUT2D eigenvalue weighted by atomic mass is 10.5. The van der Waals surface area contributed by atoms with Gasteiger partial charge in [0.25, 0.3) is 0 Å². The molecule has 1 N–H and O–H groups in total. The van der Waals surface area contributed by atoms with Crippen molar-refractivity contribution in [3.8, 4) is 0 Å². The minimum atomic E-state index is -0.813. The lowest BCUT2D eigenvalue weighted by Gasteiger charge is -2.38. The van der Waals surface area contributed by atoms with Gasteiger partial charge in [0, 0.05) is 23.8 Å². The van der Waals surface area contributed by atoms with Crippen molar-refractivity contribution in [3.05, 3.63) is 38.0 Å². The smallest absolute Gasteiger partial charge is 0.00736 e. The first kappa shape index (κ1) is 13.5. The molecular weight excluding hydrogens is 190 g/mol. The van der Waals surface area contributed by atoms with E-state index in [4.69, 9.17) is 0 Å². The van der Waals surface area contributed by atoms with Crippen LogP contribution < -0.4 is 4.72 Å². The minimum Gasteiger partial charge on any atom is -0.280 e. The SMILES string of the molecule is C=CCS(CC=C)(CC=C)NCCC. The Labute approximate surface area is 90.4 Å². The van der Waals surface area contributed by atoms with Gasteiger partial charge >= 0.3 is 0 Å². The highest BCUT2D eigenvalue weighted by Crippen LogP contribution is 2.43. The highest BCUT2D eigenvalue weighted by Gasteiger charge is 2.17. The normalized spacial score (nSPS) is 12.1. The van der Waals surface area contributed by atoms with Crippen LogP contribution in [0.2, 0.25) is 0 Å². The van der Waals surface area contributed by atoms with Gasteiger partial charge in [-0.1, -0.05) is 25.2 Å². The fraction of sp³-hybridized carbons (Fsp3) is 0.500. The molecule has 0 rings (SSSR count). The molecule has 0 aromatic rings. The Morgan fingerprint density at radius 2 is 1.43 bits per heavy atom. The third-order valence-electron chi connectivity index (χ3n) is 1.97. The van der Waals surface area contributed by atoms with Crippen molar-refractivity contribution in [3.63, 3.8) is 0 Å². The van der Waals surface area contributed by atoms with Gasteiger partial charge in [-0.05, 0) is 6.42 Å². The van der Waals surface area contributed by atoms with Gasteiger partial charge in [0.05, 0.1) is 0 Å². The number of nitrogens with one attached hydrogen (secondary N) is 1. The van der Waals surface area contributed by atoms with Crippen LogP contribution >= 0.6 is 10.2 Å². The standard InChI is InChI=1S/C12H23NS/c1-5-9-13-14(10-6-2,11-7-3)12-8-4/h6-8,13H,2-5,9-12H2,1H3. The first-order valence-corrected chi connectivity index (χ1v) is 7.22. The van der Waals surface area contributed by atoms with E-state index in [2.05, 4.69) is 31.4 Å². The van der Waals surface area contributed by atoms with E-state index >= 15 is 0 Å². The number of hydrogen-bond acceptors (Lipinski definition) is 1. The molecule has 0 fully saturated rings. The molecule has 0 amide bonds. The molecule has 0 aliphatic carbocycles. The van der Waals surface area contributed by atoms with Crippen molar-refractivity contribution in [1.82, 2.24) is 4.72 Å². The fourth-order valence-corrected chi connectivity index (χ4v) is 4.13. The van der Waals surface area contributed by atoms with E-state index in [9.17, 15) is 0 Å². The molecule has 1 nitrogen and oxygen atoms in total. The predicted octanol–water partition coefficient (Wildman–Crippen LogP) is 3.26. The third kappa shape index (κ3) is 4.68. The Morgan fingerprint density at radius 3 is 1.71 bits per heavy atom. The first-order valence-electron chi connectivity index (χ1n) is 5.08. The van der Waals surface area contributed by atoms with Crippen LogP contribution in [0.1, 0.15) is 13.3 Å². The summed E-state index contributed by atoms with van der Waals surface area (Å²) in [5.41, 5.74) is 0. The van der Waals surface area contributed by atoms with Gasteiger partial charge in [0.2, 0.25) is 0 Å². The average molecular weight is 213 g/mol. The quantitative estimate of drug-likeness (QED) is 0.580. The molecule has 0 heterocycles. The van der Waals surface area contributed by atoms with Gasteiger partial charge in [0.1, 0.15) is 0 Å². The average Bonchev–Trinajstić information content (AvgIpc) is 2.16. The van der Waals surface area contributed by atoms with Crippen LogP contribution in [-0.2, 0) is 0 Å². The van der Waals surface area contributed by atoms with Gasteiger partial charge in [-0.15, -0.1) is 19.7 Å². The molecule has 0 radical (unpaired) electrons. The summed E-state index contributed by atoms with van der Waals surface area (Å²) in [5, 5.41) is 0. The summed E-state index contributed by atoms with van der Waals surface area (Å²) < 4.78 is 3.66. The lowest BCUT2D eigenvalue weighted by molar-refractivity contribution is 0.866. The fourth-order valence-electron chi connectivity index (χ4n) is 1.38. The molecule has 0 saturated carbocycles. The Balaban J connectivity index is 4.43. The molecule has 14 heavy (non-hydrogen) atoms. The molecule has 0 aliphatic heterocycles. The number of hydrogen-bond donors (Lipinski definition) is 1. The van der Waals surface area contributed by atoms with E-state index in [1.165, 1.54) is 6.42 Å². The van der Waals surface area contributed by atoms with Crippen molar-refractivity contribution in [2.45, 2.75) is 13.3 Å². The molecule has 0 atom stereocenters. The number of rotatable bonds is 9. The zero-order chi connectivity index (χ0) is 10.9. The molecule has 0 aliphatic rings. The van der Waals surface area contributed by atoms with Crippen LogP contribution in [0.25, 0.3) is 0 Å².